The van der Waals surface area contributed by atoms with Crippen LogP contribution in [0.3, 0.4) is 0 Å². The van der Waals surface area contributed by atoms with Crippen molar-refractivity contribution >= 4 is 0 Å². The Kier molecular flexibility index (Phi) is 5.72. The molecule has 2 saturated heterocycles. The third kappa shape index (κ3) is 3.26. The van der Waals surface area contributed by atoms with Gasteiger partial charge in [0.25, 0.3) is 0 Å². The lowest BCUT2D eigenvalue weighted by Crippen LogP contribution is -2.63. The van der Waals surface area contributed by atoms with Crippen molar-refractivity contribution in [3.63, 3.8) is 0 Å². The van der Waals surface area contributed by atoms with Crippen LogP contribution in [0.1, 0.15) is 6.92 Å². The Hall–Kier alpha value is -0.400. The number of hydrogen-bond acceptors (Lipinski definition) is 10. The zero-order valence-corrected chi connectivity index (χ0v) is 11.8. The molecule has 10 atom stereocenters. The van der Waals surface area contributed by atoms with Crippen molar-refractivity contribution in [1.29, 1.82) is 0 Å². The first-order valence-electron chi connectivity index (χ1n) is 6.93. The van der Waals surface area contributed by atoms with Crippen LogP contribution in [-0.2, 0) is 14.2 Å². The lowest BCUT2D eigenvalue weighted by atomic mass is 9.97. The molecular formula is C12H22O10. The van der Waals surface area contributed by atoms with Gasteiger partial charge in [0.15, 0.2) is 12.6 Å². The summed E-state index contributed by atoms with van der Waals surface area (Å²) in [4.78, 5) is 0. The fourth-order valence-electron chi connectivity index (χ4n) is 2.51. The molecule has 7 N–H and O–H groups in total. The first kappa shape index (κ1) is 17.9. The van der Waals surface area contributed by atoms with Crippen LogP contribution in [0.5, 0.6) is 0 Å². The van der Waals surface area contributed by atoms with Crippen LogP contribution in [0.4, 0.5) is 0 Å². The van der Waals surface area contributed by atoms with Gasteiger partial charge < -0.3 is 50.0 Å². The van der Waals surface area contributed by atoms with Crippen molar-refractivity contribution in [3.8, 4) is 0 Å². The lowest BCUT2D eigenvalue weighted by Gasteiger charge is -2.44. The van der Waals surface area contributed by atoms with E-state index in [9.17, 15) is 30.6 Å². The van der Waals surface area contributed by atoms with Crippen LogP contribution >= 0.6 is 0 Å². The van der Waals surface area contributed by atoms with E-state index in [0.29, 0.717) is 0 Å². The average Bonchev–Trinajstić information content (AvgIpc) is 2.50. The predicted octanol–water partition coefficient (Wildman–Crippen LogP) is -4.37. The van der Waals surface area contributed by atoms with Gasteiger partial charge >= 0.3 is 0 Å². The summed E-state index contributed by atoms with van der Waals surface area (Å²) in [6.45, 7) is 0.814. The van der Waals surface area contributed by atoms with Gasteiger partial charge in [0.1, 0.15) is 42.7 Å². The van der Waals surface area contributed by atoms with E-state index in [1.54, 1.807) is 0 Å². The third-order valence-corrected chi connectivity index (χ3v) is 3.94. The molecule has 0 aromatic carbocycles. The molecule has 22 heavy (non-hydrogen) atoms. The van der Waals surface area contributed by atoms with E-state index < -0.39 is 68.0 Å². The van der Waals surface area contributed by atoms with Crippen LogP contribution in [0.15, 0.2) is 0 Å². The maximum absolute atomic E-state index is 9.99. The number of rotatable bonds is 3. The third-order valence-electron chi connectivity index (χ3n) is 3.94. The van der Waals surface area contributed by atoms with Crippen LogP contribution in [0.25, 0.3) is 0 Å². The monoisotopic (exact) mass is 326 g/mol. The highest BCUT2D eigenvalue weighted by Crippen LogP contribution is 2.28. The SMILES string of the molecule is C[C@@H]1O[C@@H](O[C@@H]2[C@H](O)[C@@H](O)O[C@H](CO)[C@H]2O)[C@@H](O)[C@H](O)[C@@H]1O. The zero-order valence-electron chi connectivity index (χ0n) is 11.8. The van der Waals surface area contributed by atoms with E-state index in [1.165, 1.54) is 6.92 Å². The highest BCUT2D eigenvalue weighted by molar-refractivity contribution is 4.93. The molecule has 0 aromatic heterocycles. The molecule has 130 valence electrons. The van der Waals surface area contributed by atoms with E-state index >= 15 is 0 Å². The summed E-state index contributed by atoms with van der Waals surface area (Å²) < 4.78 is 15.3. The molecule has 0 saturated carbocycles. The van der Waals surface area contributed by atoms with Gasteiger partial charge in [-0.25, -0.2) is 0 Å². The normalized spacial score (nSPS) is 53.5. The molecule has 0 aromatic rings. The Morgan fingerprint density at radius 1 is 0.818 bits per heavy atom. The molecule has 2 fully saturated rings. The molecule has 2 rings (SSSR count). The average molecular weight is 326 g/mol. The molecule has 2 heterocycles. The van der Waals surface area contributed by atoms with Crippen molar-refractivity contribution in [2.75, 3.05) is 6.61 Å². The molecule has 2 aliphatic rings. The van der Waals surface area contributed by atoms with Gasteiger partial charge in [-0.05, 0) is 6.92 Å². The Morgan fingerprint density at radius 3 is 2.05 bits per heavy atom. The maximum atomic E-state index is 9.99. The molecule has 0 spiro atoms. The minimum atomic E-state index is -1.71. The zero-order chi connectivity index (χ0) is 16.6. The van der Waals surface area contributed by atoms with Gasteiger partial charge in [0.05, 0.1) is 12.7 Å². The largest absolute Gasteiger partial charge is 0.394 e. The minimum absolute atomic E-state index is 0.628. The molecule has 0 aliphatic carbocycles. The van der Waals surface area contributed by atoms with Gasteiger partial charge in [-0.1, -0.05) is 0 Å². The smallest absolute Gasteiger partial charge is 0.187 e. The van der Waals surface area contributed by atoms with Gasteiger partial charge in [-0.2, -0.15) is 0 Å². The second-order valence-corrected chi connectivity index (χ2v) is 5.51. The summed E-state index contributed by atoms with van der Waals surface area (Å²) in [5.41, 5.74) is 0. The number of hydrogen-bond donors (Lipinski definition) is 7. The summed E-state index contributed by atoms with van der Waals surface area (Å²) in [5.74, 6) is 0. The molecule has 2 aliphatic heterocycles. The first-order valence-corrected chi connectivity index (χ1v) is 6.93. The maximum Gasteiger partial charge on any atom is 0.187 e. The fourth-order valence-corrected chi connectivity index (χ4v) is 2.51. The highest BCUT2D eigenvalue weighted by atomic mass is 16.7. The second-order valence-electron chi connectivity index (χ2n) is 5.51. The summed E-state index contributed by atoms with van der Waals surface area (Å²) in [6, 6.07) is 0. The van der Waals surface area contributed by atoms with Gasteiger partial charge in [-0.15, -0.1) is 0 Å². The van der Waals surface area contributed by atoms with Crippen molar-refractivity contribution in [3.05, 3.63) is 0 Å². The molecular weight excluding hydrogens is 304 g/mol. The Morgan fingerprint density at radius 2 is 1.45 bits per heavy atom. The van der Waals surface area contributed by atoms with E-state index in [1.807, 2.05) is 0 Å². The van der Waals surface area contributed by atoms with E-state index in [4.69, 9.17) is 19.3 Å². The predicted molar refractivity (Wildman–Crippen MR) is 67.2 cm³/mol. The van der Waals surface area contributed by atoms with Gasteiger partial charge in [0.2, 0.25) is 0 Å². The second kappa shape index (κ2) is 7.01. The lowest BCUT2D eigenvalue weighted by molar-refractivity contribution is -0.352. The Balaban J connectivity index is 2.10. The number of ether oxygens (including phenoxy) is 3. The van der Waals surface area contributed by atoms with Gasteiger partial charge in [-0.3, -0.25) is 0 Å². The topological polar surface area (TPSA) is 169 Å². The van der Waals surface area contributed by atoms with Crippen LogP contribution in [0, 0.1) is 0 Å². The number of aliphatic hydroxyl groups excluding tert-OH is 7. The Bertz CT molecular complexity index is 368. The van der Waals surface area contributed by atoms with Gasteiger partial charge in [0, 0.05) is 0 Å². The first-order chi connectivity index (χ1) is 10.3. The van der Waals surface area contributed by atoms with Crippen molar-refractivity contribution in [2.24, 2.45) is 0 Å². The molecule has 10 nitrogen and oxygen atoms in total. The molecule has 0 radical (unpaired) electrons. The molecule has 0 bridgehead atoms. The van der Waals surface area contributed by atoms with E-state index in [0.717, 1.165) is 0 Å². The quantitative estimate of drug-likeness (QED) is 0.269. The summed E-state index contributed by atoms with van der Waals surface area (Å²) >= 11 is 0. The standard InChI is InChI=1S/C12H22O10/c1-3-5(14)7(16)8(17)12(20-3)22-10-6(15)4(2-13)21-11(19)9(10)18/h3-19H,2H2,1H3/t3-,4+,5+,6+,7+,8-,9-,10-,11-,12-/m0/s1. The molecule has 0 amide bonds. The Labute approximate surface area is 126 Å². The van der Waals surface area contributed by atoms with Crippen molar-refractivity contribution < 1.29 is 50.0 Å². The summed E-state index contributed by atoms with van der Waals surface area (Å²) in [7, 11) is 0. The summed E-state index contributed by atoms with van der Waals surface area (Å²) in [6.07, 6.45) is -14.3. The molecule has 10 heteroatoms. The molecule has 0 unspecified atom stereocenters. The van der Waals surface area contributed by atoms with Crippen LogP contribution < -0.4 is 0 Å². The van der Waals surface area contributed by atoms with Crippen molar-refractivity contribution in [1.82, 2.24) is 0 Å². The van der Waals surface area contributed by atoms with E-state index in [-0.39, 0.29) is 0 Å². The van der Waals surface area contributed by atoms with E-state index in [2.05, 4.69) is 0 Å². The number of aliphatic hydroxyl groups is 7. The van der Waals surface area contributed by atoms with Crippen LogP contribution in [0.2, 0.25) is 0 Å². The minimum Gasteiger partial charge on any atom is -0.394 e. The van der Waals surface area contributed by atoms with Crippen molar-refractivity contribution in [2.45, 2.75) is 68.3 Å². The van der Waals surface area contributed by atoms with Crippen LogP contribution in [-0.4, -0.2) is 104 Å². The highest BCUT2D eigenvalue weighted by Gasteiger charge is 2.49. The fraction of sp³-hybridized carbons (Fsp3) is 1.00. The summed E-state index contributed by atoms with van der Waals surface area (Å²) in [5, 5.41) is 67.6.